The fourth-order valence-corrected chi connectivity index (χ4v) is 5.68. The standard InChI is InChI=1S/C28H38ClN3O6/c1-16-12-23(36-5)21(28(34)31-16)14-30-27(33)20-13-22(29)26-25(17(20)2)38-24(15-37-26)18-6-8-19(9-7-18)32(3)10-11-35-4/h12-13,18-19,24H,6-11,14-15H2,1-5H3,(H,30,33)(H,31,34)/t18?,19?,24-/m1/s1. The van der Waals surface area contributed by atoms with Gasteiger partial charge in [-0.15, -0.1) is 0 Å². The third-order valence-electron chi connectivity index (χ3n) is 7.76. The summed E-state index contributed by atoms with van der Waals surface area (Å²) >= 11 is 6.52. The van der Waals surface area contributed by atoms with E-state index in [4.69, 9.17) is 30.5 Å². The number of hydrogen-bond donors (Lipinski definition) is 2. The zero-order valence-corrected chi connectivity index (χ0v) is 23.6. The van der Waals surface area contributed by atoms with Crippen LogP contribution in [-0.4, -0.2) is 69.0 Å². The van der Waals surface area contributed by atoms with Crippen molar-refractivity contribution >= 4 is 17.5 Å². The maximum atomic E-state index is 13.2. The summed E-state index contributed by atoms with van der Waals surface area (Å²) < 4.78 is 23.1. The quantitative estimate of drug-likeness (QED) is 0.491. The molecule has 0 unspecified atom stereocenters. The number of amides is 1. The smallest absolute Gasteiger partial charge is 0.256 e. The molecule has 1 atom stereocenters. The number of methoxy groups -OCH3 is 2. The van der Waals surface area contributed by atoms with Gasteiger partial charge in [0.15, 0.2) is 11.5 Å². The number of aromatic amines is 1. The molecule has 2 aliphatic rings. The van der Waals surface area contributed by atoms with Crippen LogP contribution in [-0.2, 0) is 11.3 Å². The number of carbonyl (C=O) groups is 1. The number of halogens is 1. The number of fused-ring (bicyclic) bond motifs is 1. The Labute approximate surface area is 228 Å². The molecule has 1 aliphatic carbocycles. The number of nitrogens with one attached hydrogen (secondary N) is 2. The molecule has 1 saturated carbocycles. The van der Waals surface area contributed by atoms with E-state index in [1.54, 1.807) is 26.2 Å². The average molecular weight is 548 g/mol. The third kappa shape index (κ3) is 6.11. The molecular formula is C28H38ClN3O6. The topological polar surface area (TPSA) is 102 Å². The molecule has 2 aromatic rings. The lowest BCUT2D eigenvalue weighted by molar-refractivity contribution is 0.0199. The van der Waals surface area contributed by atoms with Crippen molar-refractivity contribution in [3.8, 4) is 17.2 Å². The molecule has 9 nitrogen and oxygen atoms in total. The van der Waals surface area contributed by atoms with Crippen LogP contribution in [0.1, 0.15) is 52.9 Å². The minimum absolute atomic E-state index is 0.00775. The van der Waals surface area contributed by atoms with E-state index < -0.39 is 0 Å². The first-order valence-electron chi connectivity index (χ1n) is 13.1. The predicted molar refractivity (Wildman–Crippen MR) is 146 cm³/mol. The van der Waals surface area contributed by atoms with Crippen molar-refractivity contribution in [3.63, 3.8) is 0 Å². The number of aryl methyl sites for hydroxylation is 1. The molecule has 1 aromatic heterocycles. The van der Waals surface area contributed by atoms with Gasteiger partial charge in [0.05, 0.1) is 30.8 Å². The highest BCUT2D eigenvalue weighted by Crippen LogP contribution is 2.45. The van der Waals surface area contributed by atoms with Crippen molar-refractivity contribution in [2.75, 3.05) is 41.0 Å². The van der Waals surface area contributed by atoms with Gasteiger partial charge >= 0.3 is 0 Å². The number of H-pyrrole nitrogens is 1. The van der Waals surface area contributed by atoms with E-state index in [1.807, 2.05) is 6.92 Å². The van der Waals surface area contributed by atoms with Gasteiger partial charge in [-0.25, -0.2) is 0 Å². The molecule has 38 heavy (non-hydrogen) atoms. The highest BCUT2D eigenvalue weighted by Gasteiger charge is 2.35. The summed E-state index contributed by atoms with van der Waals surface area (Å²) in [7, 11) is 5.38. The number of pyridine rings is 1. The van der Waals surface area contributed by atoms with E-state index in [0.29, 0.717) is 63.2 Å². The van der Waals surface area contributed by atoms with Crippen LogP contribution in [0.3, 0.4) is 0 Å². The van der Waals surface area contributed by atoms with E-state index >= 15 is 0 Å². The zero-order chi connectivity index (χ0) is 27.4. The van der Waals surface area contributed by atoms with Gasteiger partial charge in [-0.05, 0) is 64.6 Å². The lowest BCUT2D eigenvalue weighted by Crippen LogP contribution is -2.42. The SMILES string of the molecule is COCCN(C)C1CCC([C@H]2COc3c(Cl)cc(C(=O)NCc4c(OC)cc(C)[nH]c4=O)c(C)c3O2)CC1. The van der Waals surface area contributed by atoms with Gasteiger partial charge in [0.1, 0.15) is 18.5 Å². The van der Waals surface area contributed by atoms with E-state index in [1.165, 1.54) is 7.11 Å². The van der Waals surface area contributed by atoms with E-state index in [9.17, 15) is 9.59 Å². The van der Waals surface area contributed by atoms with Gasteiger partial charge in [0, 0.05) is 36.5 Å². The summed E-state index contributed by atoms with van der Waals surface area (Å²) in [6.07, 6.45) is 4.19. The van der Waals surface area contributed by atoms with Crippen LogP contribution in [0.15, 0.2) is 16.9 Å². The minimum Gasteiger partial charge on any atom is -0.496 e. The van der Waals surface area contributed by atoms with Crippen LogP contribution >= 0.6 is 11.6 Å². The van der Waals surface area contributed by atoms with Crippen molar-refractivity contribution < 1.29 is 23.7 Å². The van der Waals surface area contributed by atoms with Crippen LogP contribution in [0, 0.1) is 19.8 Å². The maximum absolute atomic E-state index is 13.2. The number of rotatable bonds is 9. The van der Waals surface area contributed by atoms with E-state index in [-0.39, 0.29) is 24.1 Å². The van der Waals surface area contributed by atoms with Gasteiger partial charge in [-0.3, -0.25) is 9.59 Å². The largest absolute Gasteiger partial charge is 0.496 e. The monoisotopic (exact) mass is 547 g/mol. The summed E-state index contributed by atoms with van der Waals surface area (Å²) in [6.45, 7) is 5.70. The second-order valence-corrected chi connectivity index (χ2v) is 10.6. The number of nitrogens with zero attached hydrogens (tertiary/aromatic N) is 1. The number of likely N-dealkylation sites (N-methyl/N-ethyl adjacent to an activating group) is 1. The fourth-order valence-electron chi connectivity index (χ4n) is 5.43. The van der Waals surface area contributed by atoms with Crippen LogP contribution < -0.4 is 25.1 Å². The van der Waals surface area contributed by atoms with Crippen LogP contribution in [0.5, 0.6) is 17.2 Å². The molecule has 1 aliphatic heterocycles. The molecule has 0 saturated heterocycles. The van der Waals surface area contributed by atoms with Crippen molar-refractivity contribution in [2.45, 2.75) is 58.2 Å². The van der Waals surface area contributed by atoms with E-state index in [2.05, 4.69) is 22.2 Å². The van der Waals surface area contributed by atoms with Crippen molar-refractivity contribution in [3.05, 3.63) is 49.9 Å². The number of carbonyl (C=O) groups excluding carboxylic acids is 1. The summed E-state index contributed by atoms with van der Waals surface area (Å²) in [5.41, 5.74) is 1.75. The molecule has 0 spiro atoms. The zero-order valence-electron chi connectivity index (χ0n) is 22.8. The number of benzene rings is 1. The summed E-state index contributed by atoms with van der Waals surface area (Å²) in [5.74, 6) is 1.42. The predicted octanol–water partition coefficient (Wildman–Crippen LogP) is 3.86. The summed E-state index contributed by atoms with van der Waals surface area (Å²) in [6, 6.07) is 3.86. The lowest BCUT2D eigenvalue weighted by Gasteiger charge is -2.39. The molecule has 208 valence electrons. The highest BCUT2D eigenvalue weighted by molar-refractivity contribution is 6.32. The second-order valence-electron chi connectivity index (χ2n) is 10.2. The van der Waals surface area contributed by atoms with E-state index in [0.717, 1.165) is 38.8 Å². The lowest BCUT2D eigenvalue weighted by atomic mass is 9.82. The summed E-state index contributed by atoms with van der Waals surface area (Å²) in [4.78, 5) is 30.7. The van der Waals surface area contributed by atoms with Crippen LogP contribution in [0.25, 0.3) is 0 Å². The Balaban J connectivity index is 1.45. The number of aromatic nitrogens is 1. The van der Waals surface area contributed by atoms with Gasteiger partial charge < -0.3 is 34.1 Å². The number of ether oxygens (including phenoxy) is 4. The molecule has 0 radical (unpaired) electrons. The average Bonchev–Trinajstić information content (AvgIpc) is 2.92. The first kappa shape index (κ1) is 28.3. The molecule has 4 rings (SSSR count). The normalized spacial score (nSPS) is 20.9. The molecular weight excluding hydrogens is 510 g/mol. The highest BCUT2D eigenvalue weighted by atomic mass is 35.5. The Hall–Kier alpha value is -2.75. The molecule has 0 bridgehead atoms. The van der Waals surface area contributed by atoms with Gasteiger partial charge in [-0.2, -0.15) is 0 Å². The van der Waals surface area contributed by atoms with Crippen LogP contribution in [0.4, 0.5) is 0 Å². The molecule has 10 heteroatoms. The Morgan fingerprint density at radius 2 is 1.92 bits per heavy atom. The van der Waals surface area contributed by atoms with Crippen molar-refractivity contribution in [1.29, 1.82) is 0 Å². The minimum atomic E-state index is -0.362. The molecule has 1 fully saturated rings. The van der Waals surface area contributed by atoms with Crippen molar-refractivity contribution in [1.82, 2.24) is 15.2 Å². The first-order chi connectivity index (χ1) is 18.2. The Bertz CT molecular complexity index is 1210. The molecule has 2 heterocycles. The second kappa shape index (κ2) is 12.4. The third-order valence-corrected chi connectivity index (χ3v) is 8.04. The van der Waals surface area contributed by atoms with Gasteiger partial charge in [-0.1, -0.05) is 11.6 Å². The maximum Gasteiger partial charge on any atom is 0.256 e. The Morgan fingerprint density at radius 3 is 2.61 bits per heavy atom. The van der Waals surface area contributed by atoms with Gasteiger partial charge in [0.25, 0.3) is 11.5 Å². The van der Waals surface area contributed by atoms with Gasteiger partial charge in [0.2, 0.25) is 0 Å². The molecule has 1 amide bonds. The Kier molecular flexibility index (Phi) is 9.23. The van der Waals surface area contributed by atoms with Crippen molar-refractivity contribution in [2.24, 2.45) is 5.92 Å². The summed E-state index contributed by atoms with van der Waals surface area (Å²) in [5, 5.41) is 3.14. The molecule has 1 aromatic carbocycles. The number of hydrogen-bond acceptors (Lipinski definition) is 7. The fraction of sp³-hybridized carbons (Fsp3) is 0.571. The Morgan fingerprint density at radius 1 is 1.18 bits per heavy atom. The van der Waals surface area contributed by atoms with Crippen LogP contribution in [0.2, 0.25) is 5.02 Å². The first-order valence-corrected chi connectivity index (χ1v) is 13.5. The molecule has 2 N–H and O–H groups in total.